The molecule has 70 valence electrons. The van der Waals surface area contributed by atoms with Gasteiger partial charge in [0.2, 0.25) is 0 Å². The molecule has 0 aliphatic heterocycles. The first-order valence-electron chi connectivity index (χ1n) is 4.20. The van der Waals surface area contributed by atoms with Crippen molar-refractivity contribution in [2.45, 2.75) is 0 Å². The fourth-order valence-electron chi connectivity index (χ4n) is 1.49. The molecule has 0 unspecified atom stereocenters. The summed E-state index contributed by atoms with van der Waals surface area (Å²) in [7, 11) is 0. The number of imidazole rings is 1. The first-order chi connectivity index (χ1) is 6.84. The van der Waals surface area contributed by atoms with Crippen molar-refractivity contribution in [3.05, 3.63) is 30.0 Å². The van der Waals surface area contributed by atoms with Gasteiger partial charge in [0.25, 0.3) is 0 Å². The lowest BCUT2D eigenvalue weighted by Crippen LogP contribution is -1.83. The summed E-state index contributed by atoms with van der Waals surface area (Å²) in [5.41, 5.74) is 7.89. The zero-order chi connectivity index (χ0) is 9.54. The van der Waals surface area contributed by atoms with Gasteiger partial charge in [0.1, 0.15) is 5.82 Å². The number of H-pyrrole nitrogens is 1. The van der Waals surface area contributed by atoms with E-state index < -0.39 is 0 Å². The molecule has 0 amide bonds. The molecule has 0 spiro atoms. The Kier molecular flexibility index (Phi) is 1.43. The number of rotatable bonds is 1. The van der Waals surface area contributed by atoms with Gasteiger partial charge in [-0.2, -0.15) is 0 Å². The first kappa shape index (κ1) is 7.64. The van der Waals surface area contributed by atoms with Crippen LogP contribution in [0, 0.1) is 0 Å². The van der Waals surface area contributed by atoms with Crippen molar-refractivity contribution < 1.29 is 0 Å². The Balaban J connectivity index is 2.31. The van der Waals surface area contributed by atoms with Crippen molar-refractivity contribution in [1.82, 2.24) is 14.4 Å². The monoisotopic (exact) mass is 204 g/mol. The fraction of sp³-hybridized carbons (Fsp3) is 0. The molecule has 3 rings (SSSR count). The lowest BCUT2D eigenvalue weighted by molar-refractivity contribution is 1.24. The molecule has 4 nitrogen and oxygen atoms in total. The van der Waals surface area contributed by atoms with Crippen molar-refractivity contribution in [3.8, 4) is 11.3 Å². The van der Waals surface area contributed by atoms with Crippen LogP contribution in [0.3, 0.4) is 0 Å². The molecule has 0 saturated carbocycles. The van der Waals surface area contributed by atoms with Crippen LogP contribution in [0.1, 0.15) is 0 Å². The van der Waals surface area contributed by atoms with E-state index in [0.29, 0.717) is 5.82 Å². The molecule has 3 N–H and O–H groups in total. The summed E-state index contributed by atoms with van der Waals surface area (Å²) in [5, 5.41) is 2.07. The molecule has 0 aliphatic carbocycles. The fourth-order valence-corrected chi connectivity index (χ4v) is 2.38. The van der Waals surface area contributed by atoms with Gasteiger partial charge in [0.05, 0.1) is 11.9 Å². The Morgan fingerprint density at radius 2 is 2.43 bits per heavy atom. The van der Waals surface area contributed by atoms with Gasteiger partial charge in [-0.3, -0.25) is 4.40 Å². The summed E-state index contributed by atoms with van der Waals surface area (Å²) in [6, 6.07) is 2.03. The van der Waals surface area contributed by atoms with Crippen LogP contribution in [-0.4, -0.2) is 14.4 Å². The van der Waals surface area contributed by atoms with E-state index in [4.69, 9.17) is 5.73 Å². The minimum Gasteiger partial charge on any atom is -0.382 e. The number of nitrogens with one attached hydrogen (secondary N) is 1. The van der Waals surface area contributed by atoms with Crippen LogP contribution in [-0.2, 0) is 0 Å². The number of thiazole rings is 1. The average Bonchev–Trinajstić information content (AvgIpc) is 2.77. The molecule has 3 heterocycles. The van der Waals surface area contributed by atoms with Crippen LogP contribution < -0.4 is 5.73 Å². The lowest BCUT2D eigenvalue weighted by atomic mass is 10.3. The van der Waals surface area contributed by atoms with Crippen LogP contribution in [0.4, 0.5) is 5.82 Å². The van der Waals surface area contributed by atoms with Gasteiger partial charge in [0.15, 0.2) is 4.96 Å². The highest BCUT2D eigenvalue weighted by Crippen LogP contribution is 2.26. The Labute approximate surface area is 84.0 Å². The SMILES string of the molecule is Nc1cn2c(-c3cc[nH]c3)csc2n1. The van der Waals surface area contributed by atoms with Gasteiger partial charge in [-0.25, -0.2) is 4.98 Å². The molecular formula is C9H8N4S. The van der Waals surface area contributed by atoms with Crippen LogP contribution in [0.5, 0.6) is 0 Å². The highest BCUT2D eigenvalue weighted by Gasteiger charge is 2.07. The molecule has 0 aliphatic rings. The molecule has 3 aromatic heterocycles. The summed E-state index contributed by atoms with van der Waals surface area (Å²) >= 11 is 1.59. The van der Waals surface area contributed by atoms with Crippen LogP contribution in [0.2, 0.25) is 0 Å². The van der Waals surface area contributed by atoms with Crippen LogP contribution in [0.25, 0.3) is 16.2 Å². The second-order valence-corrected chi connectivity index (χ2v) is 3.88. The molecule has 0 radical (unpaired) electrons. The maximum Gasteiger partial charge on any atom is 0.196 e. The van der Waals surface area contributed by atoms with Crippen LogP contribution >= 0.6 is 11.3 Å². The predicted molar refractivity (Wildman–Crippen MR) is 57.3 cm³/mol. The zero-order valence-corrected chi connectivity index (χ0v) is 8.08. The van der Waals surface area contributed by atoms with E-state index in [-0.39, 0.29) is 0 Å². The van der Waals surface area contributed by atoms with Crippen LogP contribution in [0.15, 0.2) is 30.0 Å². The van der Waals surface area contributed by atoms with Gasteiger partial charge in [0, 0.05) is 23.3 Å². The van der Waals surface area contributed by atoms with E-state index in [1.165, 1.54) is 0 Å². The minimum atomic E-state index is 0.564. The number of anilines is 1. The maximum absolute atomic E-state index is 5.62. The van der Waals surface area contributed by atoms with Crippen molar-refractivity contribution in [3.63, 3.8) is 0 Å². The Morgan fingerprint density at radius 3 is 3.21 bits per heavy atom. The van der Waals surface area contributed by atoms with Crippen molar-refractivity contribution in [1.29, 1.82) is 0 Å². The van der Waals surface area contributed by atoms with E-state index in [2.05, 4.69) is 15.3 Å². The molecule has 0 fully saturated rings. The topological polar surface area (TPSA) is 59.1 Å². The van der Waals surface area contributed by atoms with E-state index in [0.717, 1.165) is 16.2 Å². The predicted octanol–water partition coefficient (Wildman–Crippen LogP) is 1.97. The number of hydrogen-bond donors (Lipinski definition) is 2. The second kappa shape index (κ2) is 2.62. The number of aromatic nitrogens is 3. The molecule has 0 atom stereocenters. The first-order valence-corrected chi connectivity index (χ1v) is 5.08. The molecule has 0 bridgehead atoms. The lowest BCUT2D eigenvalue weighted by Gasteiger charge is -1.92. The van der Waals surface area contributed by atoms with Crippen molar-refractivity contribution >= 4 is 22.1 Å². The molecule has 0 aromatic carbocycles. The summed E-state index contributed by atoms with van der Waals surface area (Å²) in [5.74, 6) is 0.564. The number of nitrogens with zero attached hydrogens (tertiary/aromatic N) is 2. The number of nitrogens with two attached hydrogens (primary N) is 1. The van der Waals surface area contributed by atoms with E-state index in [1.54, 1.807) is 11.3 Å². The number of fused-ring (bicyclic) bond motifs is 1. The quantitative estimate of drug-likeness (QED) is 0.636. The van der Waals surface area contributed by atoms with E-state index >= 15 is 0 Å². The normalized spacial score (nSPS) is 11.1. The Hall–Kier alpha value is -1.75. The minimum absolute atomic E-state index is 0.564. The van der Waals surface area contributed by atoms with Gasteiger partial charge in [-0.15, -0.1) is 11.3 Å². The largest absolute Gasteiger partial charge is 0.382 e. The van der Waals surface area contributed by atoms with Gasteiger partial charge < -0.3 is 10.7 Å². The molecule has 5 heteroatoms. The highest BCUT2D eigenvalue weighted by molar-refractivity contribution is 7.15. The summed E-state index contributed by atoms with van der Waals surface area (Å²) in [4.78, 5) is 8.15. The number of aromatic amines is 1. The van der Waals surface area contributed by atoms with E-state index in [1.807, 2.05) is 29.1 Å². The van der Waals surface area contributed by atoms with E-state index in [9.17, 15) is 0 Å². The standard InChI is InChI=1S/C9H8N4S/c10-8-4-13-7(5-14-9(13)12-8)6-1-2-11-3-6/h1-5,11H,10H2. The number of hydrogen-bond acceptors (Lipinski definition) is 3. The van der Waals surface area contributed by atoms with Gasteiger partial charge in [-0.05, 0) is 6.07 Å². The van der Waals surface area contributed by atoms with Gasteiger partial charge in [-0.1, -0.05) is 0 Å². The third kappa shape index (κ3) is 0.958. The van der Waals surface area contributed by atoms with Gasteiger partial charge >= 0.3 is 0 Å². The highest BCUT2D eigenvalue weighted by atomic mass is 32.1. The number of nitrogen functional groups attached to an aromatic ring is 1. The maximum atomic E-state index is 5.62. The van der Waals surface area contributed by atoms with Crippen molar-refractivity contribution in [2.24, 2.45) is 0 Å². The Bertz CT molecular complexity index is 561. The Morgan fingerprint density at radius 1 is 1.50 bits per heavy atom. The molecule has 3 aromatic rings. The summed E-state index contributed by atoms with van der Waals surface area (Å²) < 4.78 is 2.00. The second-order valence-electron chi connectivity index (χ2n) is 3.04. The third-order valence-corrected chi connectivity index (χ3v) is 2.96. The summed E-state index contributed by atoms with van der Waals surface area (Å²) in [6.45, 7) is 0. The van der Waals surface area contributed by atoms with Crippen molar-refractivity contribution in [2.75, 3.05) is 5.73 Å². The smallest absolute Gasteiger partial charge is 0.196 e. The molecular weight excluding hydrogens is 196 g/mol. The third-order valence-electron chi connectivity index (χ3n) is 2.12. The average molecular weight is 204 g/mol. The zero-order valence-electron chi connectivity index (χ0n) is 7.27. The summed E-state index contributed by atoms with van der Waals surface area (Å²) in [6.07, 6.45) is 5.70. The molecule has 0 saturated heterocycles. The molecule has 14 heavy (non-hydrogen) atoms.